The Kier molecular flexibility index (Phi) is 6.79. The summed E-state index contributed by atoms with van der Waals surface area (Å²) in [4.78, 5) is 12.3. The van der Waals surface area contributed by atoms with Crippen molar-refractivity contribution in [1.82, 2.24) is 0 Å². The first kappa shape index (κ1) is 21.9. The van der Waals surface area contributed by atoms with Crippen LogP contribution in [0.2, 0.25) is 0 Å². The molecule has 0 radical (unpaired) electrons. The molecule has 3 aromatic rings. The smallest absolute Gasteiger partial charge is 0.265 e. The molecule has 0 saturated carbocycles. The Morgan fingerprint density at radius 1 is 1.03 bits per heavy atom. The van der Waals surface area contributed by atoms with Crippen LogP contribution in [-0.2, 0) is 21.2 Å². The van der Waals surface area contributed by atoms with Crippen molar-refractivity contribution in [3.8, 4) is 5.75 Å². The summed E-state index contributed by atoms with van der Waals surface area (Å²) in [6.07, 6.45) is 0.184. The summed E-state index contributed by atoms with van der Waals surface area (Å²) in [5.41, 5.74) is 2.54. The van der Waals surface area contributed by atoms with Crippen LogP contribution in [-0.4, -0.2) is 21.4 Å². The molecule has 3 aromatic carbocycles. The maximum Gasteiger partial charge on any atom is 0.265 e. The SMILES string of the molecule is COc1ccc(NC(=O)Cc2ccccc2)cc1S(=O)(=O)Nc1cc(C)ccc1Br. The van der Waals surface area contributed by atoms with Gasteiger partial charge in [-0.05, 0) is 64.3 Å². The van der Waals surface area contributed by atoms with Gasteiger partial charge in [0.05, 0.1) is 19.2 Å². The predicted octanol–water partition coefficient (Wildman–Crippen LogP) is 4.75. The number of hydrogen-bond donors (Lipinski definition) is 2. The number of carbonyl (C=O) groups excluding carboxylic acids is 1. The van der Waals surface area contributed by atoms with Gasteiger partial charge in [-0.3, -0.25) is 9.52 Å². The second-order valence-corrected chi connectivity index (χ2v) is 9.17. The Labute approximate surface area is 184 Å². The van der Waals surface area contributed by atoms with E-state index in [4.69, 9.17) is 4.74 Å². The highest BCUT2D eigenvalue weighted by molar-refractivity contribution is 9.10. The fraction of sp³-hybridized carbons (Fsp3) is 0.136. The van der Waals surface area contributed by atoms with Gasteiger partial charge in [0.2, 0.25) is 5.91 Å². The molecule has 0 aromatic heterocycles. The van der Waals surface area contributed by atoms with E-state index in [2.05, 4.69) is 26.0 Å². The fourth-order valence-electron chi connectivity index (χ4n) is 2.87. The Bertz CT molecular complexity index is 1170. The molecule has 0 unspecified atom stereocenters. The third-order valence-corrected chi connectivity index (χ3v) is 6.39. The van der Waals surface area contributed by atoms with Crippen molar-refractivity contribution >= 4 is 43.2 Å². The number of ether oxygens (including phenoxy) is 1. The fourth-order valence-corrected chi connectivity index (χ4v) is 4.61. The van der Waals surface area contributed by atoms with E-state index in [0.717, 1.165) is 11.1 Å². The van der Waals surface area contributed by atoms with Gasteiger partial charge in [0, 0.05) is 10.2 Å². The lowest BCUT2D eigenvalue weighted by molar-refractivity contribution is -0.115. The highest BCUT2D eigenvalue weighted by Gasteiger charge is 2.22. The number of carbonyl (C=O) groups is 1. The quantitative estimate of drug-likeness (QED) is 0.502. The van der Waals surface area contributed by atoms with E-state index in [0.29, 0.717) is 15.8 Å². The van der Waals surface area contributed by atoms with Gasteiger partial charge in [-0.2, -0.15) is 0 Å². The van der Waals surface area contributed by atoms with Crippen molar-refractivity contribution in [1.29, 1.82) is 0 Å². The Hall–Kier alpha value is -2.84. The Morgan fingerprint density at radius 2 is 1.77 bits per heavy atom. The van der Waals surface area contributed by atoms with Crippen LogP contribution in [0.1, 0.15) is 11.1 Å². The minimum absolute atomic E-state index is 0.0732. The molecule has 0 atom stereocenters. The van der Waals surface area contributed by atoms with E-state index in [1.54, 1.807) is 18.2 Å². The summed E-state index contributed by atoms with van der Waals surface area (Å²) in [5, 5.41) is 2.74. The number of hydrogen-bond acceptors (Lipinski definition) is 4. The first-order chi connectivity index (χ1) is 14.3. The molecule has 0 spiro atoms. The number of aryl methyl sites for hydroxylation is 1. The maximum atomic E-state index is 13.0. The van der Waals surface area contributed by atoms with Crippen LogP contribution in [0, 0.1) is 6.92 Å². The molecule has 2 N–H and O–H groups in total. The standard InChI is InChI=1S/C22H21BrN2O4S/c1-15-8-10-18(23)19(12-15)25-30(27,28)21-14-17(9-11-20(21)29-2)24-22(26)13-16-6-4-3-5-7-16/h3-12,14,25H,13H2,1-2H3,(H,24,26). The van der Waals surface area contributed by atoms with E-state index in [-0.39, 0.29) is 23.0 Å². The molecule has 0 aliphatic rings. The highest BCUT2D eigenvalue weighted by atomic mass is 79.9. The average molecular weight is 489 g/mol. The summed E-state index contributed by atoms with van der Waals surface area (Å²) in [7, 11) is -2.58. The zero-order valence-corrected chi connectivity index (χ0v) is 18.9. The van der Waals surface area contributed by atoms with E-state index in [1.165, 1.54) is 19.2 Å². The third-order valence-electron chi connectivity index (χ3n) is 4.31. The first-order valence-electron chi connectivity index (χ1n) is 9.09. The monoisotopic (exact) mass is 488 g/mol. The number of benzene rings is 3. The number of rotatable bonds is 7. The molecule has 0 bridgehead atoms. The van der Waals surface area contributed by atoms with Crippen molar-refractivity contribution in [3.63, 3.8) is 0 Å². The topological polar surface area (TPSA) is 84.5 Å². The molecule has 3 rings (SSSR count). The molecular weight excluding hydrogens is 468 g/mol. The summed E-state index contributed by atoms with van der Waals surface area (Å²) < 4.78 is 34.5. The van der Waals surface area contributed by atoms with Crippen LogP contribution in [0.4, 0.5) is 11.4 Å². The lowest BCUT2D eigenvalue weighted by atomic mass is 10.1. The molecule has 8 heteroatoms. The average Bonchev–Trinajstić information content (AvgIpc) is 2.71. The highest BCUT2D eigenvalue weighted by Crippen LogP contribution is 2.31. The zero-order chi connectivity index (χ0) is 21.7. The van der Waals surface area contributed by atoms with Crippen molar-refractivity contribution in [2.24, 2.45) is 0 Å². The molecule has 0 fully saturated rings. The second kappa shape index (κ2) is 9.32. The number of amides is 1. The molecule has 30 heavy (non-hydrogen) atoms. The molecular formula is C22H21BrN2O4S. The van der Waals surface area contributed by atoms with Gasteiger partial charge in [-0.1, -0.05) is 36.4 Å². The normalized spacial score (nSPS) is 11.0. The molecule has 0 heterocycles. The van der Waals surface area contributed by atoms with Gasteiger partial charge < -0.3 is 10.1 Å². The minimum Gasteiger partial charge on any atom is -0.495 e. The molecule has 6 nitrogen and oxygen atoms in total. The first-order valence-corrected chi connectivity index (χ1v) is 11.4. The van der Waals surface area contributed by atoms with Crippen LogP contribution in [0.5, 0.6) is 5.75 Å². The summed E-state index contributed by atoms with van der Waals surface area (Å²) >= 11 is 3.35. The predicted molar refractivity (Wildman–Crippen MR) is 121 cm³/mol. The van der Waals surface area contributed by atoms with Gasteiger partial charge in [-0.15, -0.1) is 0 Å². The summed E-state index contributed by atoms with van der Waals surface area (Å²) in [6.45, 7) is 1.87. The molecule has 0 aliphatic carbocycles. The van der Waals surface area contributed by atoms with Crippen LogP contribution in [0.3, 0.4) is 0 Å². The minimum atomic E-state index is -3.97. The van der Waals surface area contributed by atoms with Crippen LogP contribution >= 0.6 is 15.9 Å². The lowest BCUT2D eigenvalue weighted by Gasteiger charge is -2.15. The molecule has 1 amide bonds. The number of nitrogens with one attached hydrogen (secondary N) is 2. The molecule has 0 saturated heterocycles. The van der Waals surface area contributed by atoms with Gasteiger partial charge in [0.1, 0.15) is 10.6 Å². The number of sulfonamides is 1. The van der Waals surface area contributed by atoms with Crippen molar-refractivity contribution < 1.29 is 17.9 Å². The van der Waals surface area contributed by atoms with Gasteiger partial charge >= 0.3 is 0 Å². The summed E-state index contributed by atoms with van der Waals surface area (Å²) in [5.74, 6) is -0.0727. The number of halogens is 1. The number of anilines is 2. The van der Waals surface area contributed by atoms with Crippen molar-refractivity contribution in [2.45, 2.75) is 18.2 Å². The Morgan fingerprint density at radius 3 is 2.47 bits per heavy atom. The van der Waals surface area contributed by atoms with Crippen molar-refractivity contribution in [3.05, 3.63) is 82.3 Å². The molecule has 0 aliphatic heterocycles. The van der Waals surface area contributed by atoms with E-state index >= 15 is 0 Å². The number of methoxy groups -OCH3 is 1. The Balaban J connectivity index is 1.86. The van der Waals surface area contributed by atoms with Crippen LogP contribution in [0.25, 0.3) is 0 Å². The third kappa shape index (κ3) is 5.40. The van der Waals surface area contributed by atoms with Gasteiger partial charge in [0.25, 0.3) is 10.0 Å². The van der Waals surface area contributed by atoms with Crippen molar-refractivity contribution in [2.75, 3.05) is 17.1 Å². The van der Waals surface area contributed by atoms with Crippen LogP contribution < -0.4 is 14.8 Å². The van der Waals surface area contributed by atoms with E-state index in [1.807, 2.05) is 43.3 Å². The molecule has 156 valence electrons. The lowest BCUT2D eigenvalue weighted by Crippen LogP contribution is -2.17. The van der Waals surface area contributed by atoms with E-state index < -0.39 is 10.0 Å². The van der Waals surface area contributed by atoms with Crippen LogP contribution in [0.15, 0.2) is 76.1 Å². The van der Waals surface area contributed by atoms with Gasteiger partial charge in [0.15, 0.2) is 0 Å². The zero-order valence-electron chi connectivity index (χ0n) is 16.5. The largest absolute Gasteiger partial charge is 0.495 e. The maximum absolute atomic E-state index is 13.0. The van der Waals surface area contributed by atoms with E-state index in [9.17, 15) is 13.2 Å². The van der Waals surface area contributed by atoms with Gasteiger partial charge in [-0.25, -0.2) is 8.42 Å². The summed E-state index contributed by atoms with van der Waals surface area (Å²) in [6, 6.07) is 19.2. The second-order valence-electron chi connectivity index (χ2n) is 6.66.